The quantitative estimate of drug-likeness (QED) is 0.0696. The standard InChI is InChI=1S/C34H72N.H2O/c1-5-8-11-14-17-20-23-26-29-32-35(4,33-30-27-24-21-18-15-12-9-6-2)34-31-28-25-22-19-16-13-10-7-3;/h5-34H2,1-4H3;1H2/q+1;/p-1. The Balaban J connectivity index is 0. The summed E-state index contributed by atoms with van der Waals surface area (Å²) in [6.07, 6.45) is 39.3. The summed E-state index contributed by atoms with van der Waals surface area (Å²) in [5.74, 6) is 0. The lowest BCUT2D eigenvalue weighted by atomic mass is 10.0. The van der Waals surface area contributed by atoms with E-state index in [9.17, 15) is 0 Å². The molecule has 0 unspecified atom stereocenters. The zero-order valence-electron chi connectivity index (χ0n) is 26.1. The van der Waals surface area contributed by atoms with Crippen LogP contribution >= 0.6 is 0 Å². The van der Waals surface area contributed by atoms with Gasteiger partial charge in [-0.25, -0.2) is 0 Å². The second kappa shape index (κ2) is 31.1. The van der Waals surface area contributed by atoms with Crippen LogP contribution in [0.4, 0.5) is 0 Å². The third-order valence-electron chi connectivity index (χ3n) is 8.40. The predicted octanol–water partition coefficient (Wildman–Crippen LogP) is 11.8. The van der Waals surface area contributed by atoms with Crippen molar-refractivity contribution in [3.8, 4) is 0 Å². The van der Waals surface area contributed by atoms with E-state index in [4.69, 9.17) is 0 Å². The van der Waals surface area contributed by atoms with Gasteiger partial charge in [-0.1, -0.05) is 156 Å². The van der Waals surface area contributed by atoms with Crippen LogP contribution in [0.15, 0.2) is 0 Å². The summed E-state index contributed by atoms with van der Waals surface area (Å²) in [6.45, 7) is 11.3. The first kappa shape index (κ1) is 38.1. The summed E-state index contributed by atoms with van der Waals surface area (Å²) in [5.41, 5.74) is 0. The zero-order chi connectivity index (χ0) is 25.7. The molecule has 0 spiro atoms. The maximum Gasteiger partial charge on any atom is 0.0784 e. The molecule has 0 aromatic rings. The minimum atomic E-state index is 0. The van der Waals surface area contributed by atoms with E-state index in [2.05, 4.69) is 27.8 Å². The maximum atomic E-state index is 2.60. The van der Waals surface area contributed by atoms with Gasteiger partial charge in [0.2, 0.25) is 0 Å². The van der Waals surface area contributed by atoms with Gasteiger partial charge in [-0.3, -0.25) is 0 Å². The molecule has 36 heavy (non-hydrogen) atoms. The fraction of sp³-hybridized carbons (Fsp3) is 1.00. The van der Waals surface area contributed by atoms with Crippen LogP contribution in [0.25, 0.3) is 0 Å². The van der Waals surface area contributed by atoms with E-state index in [1.807, 2.05) is 0 Å². The van der Waals surface area contributed by atoms with Crippen LogP contribution in [-0.2, 0) is 0 Å². The minimum Gasteiger partial charge on any atom is -0.870 e. The third kappa shape index (κ3) is 28.5. The molecule has 0 rings (SSSR count). The topological polar surface area (TPSA) is 30.0 Å². The molecule has 0 bridgehead atoms. The van der Waals surface area contributed by atoms with Crippen LogP contribution in [0.3, 0.4) is 0 Å². The number of nitrogens with zero attached hydrogens (tertiary/aromatic N) is 1. The fourth-order valence-corrected chi connectivity index (χ4v) is 5.75. The molecule has 0 saturated carbocycles. The van der Waals surface area contributed by atoms with Crippen LogP contribution in [0.1, 0.15) is 194 Å². The van der Waals surface area contributed by atoms with Crippen molar-refractivity contribution in [1.82, 2.24) is 0 Å². The summed E-state index contributed by atoms with van der Waals surface area (Å²) in [4.78, 5) is 0. The highest BCUT2D eigenvalue weighted by Gasteiger charge is 2.20. The van der Waals surface area contributed by atoms with Gasteiger partial charge in [0.05, 0.1) is 26.7 Å². The molecule has 0 aliphatic carbocycles. The van der Waals surface area contributed by atoms with Gasteiger partial charge in [-0.2, -0.15) is 0 Å². The number of unbranched alkanes of at least 4 members (excludes halogenated alkanes) is 24. The monoisotopic (exact) mass is 512 g/mol. The van der Waals surface area contributed by atoms with Gasteiger partial charge in [-0.05, 0) is 38.5 Å². The van der Waals surface area contributed by atoms with Gasteiger partial charge in [0, 0.05) is 0 Å². The Bertz CT molecular complexity index is 328. The average Bonchev–Trinajstić information content (AvgIpc) is 2.86. The van der Waals surface area contributed by atoms with Gasteiger partial charge in [0.15, 0.2) is 0 Å². The normalized spacial score (nSPS) is 11.7. The van der Waals surface area contributed by atoms with E-state index in [0.717, 1.165) is 0 Å². The second-order valence-corrected chi connectivity index (χ2v) is 12.3. The first-order valence-electron chi connectivity index (χ1n) is 17.0. The van der Waals surface area contributed by atoms with Crippen LogP contribution in [0, 0.1) is 0 Å². The molecule has 0 aromatic carbocycles. The van der Waals surface area contributed by atoms with Crippen LogP contribution in [0.5, 0.6) is 0 Å². The summed E-state index contributed by atoms with van der Waals surface area (Å²) < 4.78 is 1.36. The molecule has 0 saturated heterocycles. The SMILES string of the molecule is CCCCCCCCCCC[N+](C)(CCCCCCCCCCC)CCCCCCCCCCC.[OH-]. The molecule has 0 aliphatic heterocycles. The number of quaternary nitrogens is 1. The van der Waals surface area contributed by atoms with Crippen molar-refractivity contribution in [1.29, 1.82) is 0 Å². The number of hydrogen-bond acceptors (Lipinski definition) is 1. The van der Waals surface area contributed by atoms with E-state index in [-0.39, 0.29) is 5.48 Å². The van der Waals surface area contributed by atoms with Crippen molar-refractivity contribution in [2.24, 2.45) is 0 Å². The Hall–Kier alpha value is -0.0800. The molecule has 0 aromatic heterocycles. The van der Waals surface area contributed by atoms with E-state index >= 15 is 0 Å². The molecule has 0 fully saturated rings. The van der Waals surface area contributed by atoms with Gasteiger partial charge < -0.3 is 9.96 Å². The molecule has 2 nitrogen and oxygen atoms in total. The molecule has 0 radical (unpaired) electrons. The van der Waals surface area contributed by atoms with Gasteiger partial charge >= 0.3 is 0 Å². The first-order valence-corrected chi connectivity index (χ1v) is 17.0. The summed E-state index contributed by atoms with van der Waals surface area (Å²) in [7, 11) is 2.60. The maximum absolute atomic E-state index is 2.60. The van der Waals surface area contributed by atoms with Crippen molar-refractivity contribution in [3.63, 3.8) is 0 Å². The van der Waals surface area contributed by atoms with Crippen LogP contribution in [-0.4, -0.2) is 36.6 Å². The molecular formula is C34H73NO. The van der Waals surface area contributed by atoms with Crippen molar-refractivity contribution >= 4 is 0 Å². The molecule has 2 heteroatoms. The zero-order valence-corrected chi connectivity index (χ0v) is 26.1. The van der Waals surface area contributed by atoms with Crippen molar-refractivity contribution in [2.75, 3.05) is 26.7 Å². The molecule has 1 N–H and O–H groups in total. The highest BCUT2D eigenvalue weighted by Crippen LogP contribution is 2.17. The molecular weight excluding hydrogens is 438 g/mol. The Morgan fingerprint density at radius 2 is 0.444 bits per heavy atom. The van der Waals surface area contributed by atoms with Gasteiger partial charge in [-0.15, -0.1) is 0 Å². The molecule has 0 aliphatic rings. The van der Waals surface area contributed by atoms with Crippen LogP contribution < -0.4 is 0 Å². The highest BCUT2D eigenvalue weighted by atomic mass is 16.0. The average molecular weight is 512 g/mol. The van der Waals surface area contributed by atoms with E-state index in [0.29, 0.717) is 0 Å². The fourth-order valence-electron chi connectivity index (χ4n) is 5.75. The lowest BCUT2D eigenvalue weighted by Crippen LogP contribution is -2.46. The Morgan fingerprint density at radius 3 is 0.639 bits per heavy atom. The Morgan fingerprint density at radius 1 is 0.278 bits per heavy atom. The lowest BCUT2D eigenvalue weighted by Gasteiger charge is -2.35. The molecule has 220 valence electrons. The number of hydrogen-bond donors (Lipinski definition) is 0. The highest BCUT2D eigenvalue weighted by molar-refractivity contribution is 4.52. The second-order valence-electron chi connectivity index (χ2n) is 12.3. The molecule has 0 heterocycles. The van der Waals surface area contributed by atoms with Crippen molar-refractivity contribution in [2.45, 2.75) is 194 Å². The number of rotatable bonds is 30. The van der Waals surface area contributed by atoms with Gasteiger partial charge in [0.25, 0.3) is 0 Å². The van der Waals surface area contributed by atoms with Gasteiger partial charge in [0.1, 0.15) is 0 Å². The lowest BCUT2D eigenvalue weighted by molar-refractivity contribution is -0.910. The van der Waals surface area contributed by atoms with E-state index in [1.165, 1.54) is 197 Å². The Kier molecular flexibility index (Phi) is 32.9. The largest absolute Gasteiger partial charge is 0.870 e. The molecule has 0 amide bonds. The van der Waals surface area contributed by atoms with Crippen LogP contribution in [0.2, 0.25) is 0 Å². The summed E-state index contributed by atoms with van der Waals surface area (Å²) in [5, 5.41) is 0. The third-order valence-corrected chi connectivity index (χ3v) is 8.40. The van der Waals surface area contributed by atoms with Crippen molar-refractivity contribution in [3.05, 3.63) is 0 Å². The Labute approximate surface area is 230 Å². The molecule has 0 atom stereocenters. The smallest absolute Gasteiger partial charge is 0.0784 e. The van der Waals surface area contributed by atoms with E-state index < -0.39 is 0 Å². The van der Waals surface area contributed by atoms with E-state index in [1.54, 1.807) is 0 Å². The predicted molar refractivity (Wildman–Crippen MR) is 164 cm³/mol. The van der Waals surface area contributed by atoms with Crippen molar-refractivity contribution < 1.29 is 9.96 Å². The minimum absolute atomic E-state index is 0. The summed E-state index contributed by atoms with van der Waals surface area (Å²) >= 11 is 0. The summed E-state index contributed by atoms with van der Waals surface area (Å²) in [6, 6.07) is 0. The first-order chi connectivity index (χ1) is 17.2.